The van der Waals surface area contributed by atoms with E-state index >= 15 is 0 Å². The highest BCUT2D eigenvalue weighted by molar-refractivity contribution is 7.89. The highest BCUT2D eigenvalue weighted by atomic mass is 32.2. The van der Waals surface area contributed by atoms with E-state index in [1.54, 1.807) is 20.8 Å². The number of ether oxygens (including phenoxy) is 1. The second kappa shape index (κ2) is 7.04. The second-order valence-electron chi connectivity index (χ2n) is 6.81. The molecule has 0 saturated carbocycles. The summed E-state index contributed by atoms with van der Waals surface area (Å²) in [6, 6.07) is 3.86. The van der Waals surface area contributed by atoms with Crippen LogP contribution < -0.4 is 10.0 Å². The van der Waals surface area contributed by atoms with Crippen LogP contribution in [0, 0.1) is 10.1 Å². The SMILES string of the molecule is CC(C)(C)NS(=O)(=O)c1ccc(NC[C@H]2CCCO2)c([N+](=O)[O-])c1. The van der Waals surface area contributed by atoms with E-state index in [-0.39, 0.29) is 22.4 Å². The van der Waals surface area contributed by atoms with E-state index in [4.69, 9.17) is 4.74 Å². The van der Waals surface area contributed by atoms with Gasteiger partial charge in [0.25, 0.3) is 5.69 Å². The first-order valence-corrected chi connectivity index (χ1v) is 9.25. The van der Waals surface area contributed by atoms with Crippen LogP contribution in [0.15, 0.2) is 23.1 Å². The van der Waals surface area contributed by atoms with Crippen molar-refractivity contribution in [3.63, 3.8) is 0 Å². The predicted octanol–water partition coefficient (Wildman–Crippen LogP) is 2.26. The molecule has 0 radical (unpaired) electrons. The molecule has 1 aromatic rings. The molecule has 2 rings (SSSR count). The Morgan fingerprint density at radius 3 is 2.62 bits per heavy atom. The number of nitrogens with zero attached hydrogens (tertiary/aromatic N) is 1. The van der Waals surface area contributed by atoms with Crippen molar-refractivity contribution in [1.82, 2.24) is 4.72 Å². The Bertz CT molecular complexity index is 706. The van der Waals surface area contributed by atoms with Crippen molar-refractivity contribution in [3.05, 3.63) is 28.3 Å². The molecule has 1 heterocycles. The van der Waals surface area contributed by atoms with Crippen LogP contribution in [-0.4, -0.2) is 38.1 Å². The molecule has 0 unspecified atom stereocenters. The van der Waals surface area contributed by atoms with Gasteiger partial charge in [-0.1, -0.05) is 0 Å². The monoisotopic (exact) mass is 357 g/mol. The number of nitro benzene ring substituents is 1. The molecule has 8 nitrogen and oxygen atoms in total. The Labute approximate surface area is 141 Å². The molecule has 9 heteroatoms. The maximum atomic E-state index is 12.3. The molecular weight excluding hydrogens is 334 g/mol. The summed E-state index contributed by atoms with van der Waals surface area (Å²) in [5, 5.41) is 14.3. The van der Waals surface area contributed by atoms with Crippen LogP contribution >= 0.6 is 0 Å². The molecule has 0 spiro atoms. The Kier molecular flexibility index (Phi) is 5.46. The normalized spacial score (nSPS) is 18.5. The van der Waals surface area contributed by atoms with Crippen molar-refractivity contribution in [2.75, 3.05) is 18.5 Å². The molecule has 0 aromatic heterocycles. The Hall–Kier alpha value is -1.71. The molecule has 1 aromatic carbocycles. The number of rotatable bonds is 6. The molecular formula is C15H23N3O5S. The van der Waals surface area contributed by atoms with Crippen molar-refractivity contribution in [2.45, 2.75) is 50.2 Å². The summed E-state index contributed by atoms with van der Waals surface area (Å²) in [4.78, 5) is 10.6. The highest BCUT2D eigenvalue weighted by Gasteiger charge is 2.26. The molecule has 24 heavy (non-hydrogen) atoms. The summed E-state index contributed by atoms with van der Waals surface area (Å²) in [5.74, 6) is 0. The van der Waals surface area contributed by atoms with Gasteiger partial charge in [-0.25, -0.2) is 13.1 Å². The van der Waals surface area contributed by atoms with E-state index in [1.807, 2.05) is 0 Å². The van der Waals surface area contributed by atoms with Crippen LogP contribution in [-0.2, 0) is 14.8 Å². The summed E-state index contributed by atoms with van der Waals surface area (Å²) in [6.07, 6.45) is 1.91. The third-order valence-electron chi connectivity index (χ3n) is 3.46. The van der Waals surface area contributed by atoms with Crippen molar-refractivity contribution in [2.24, 2.45) is 0 Å². The van der Waals surface area contributed by atoms with E-state index < -0.39 is 20.5 Å². The Morgan fingerprint density at radius 2 is 2.08 bits per heavy atom. The van der Waals surface area contributed by atoms with Crippen LogP contribution in [0.3, 0.4) is 0 Å². The number of sulfonamides is 1. The average molecular weight is 357 g/mol. The van der Waals surface area contributed by atoms with E-state index in [0.29, 0.717) is 13.2 Å². The molecule has 1 aliphatic heterocycles. The van der Waals surface area contributed by atoms with E-state index in [9.17, 15) is 18.5 Å². The smallest absolute Gasteiger partial charge is 0.293 e. The average Bonchev–Trinajstić information content (AvgIpc) is 2.95. The number of benzene rings is 1. The molecule has 2 N–H and O–H groups in total. The lowest BCUT2D eigenvalue weighted by atomic mass is 10.1. The summed E-state index contributed by atoms with van der Waals surface area (Å²) in [6.45, 7) is 6.26. The molecule has 1 aliphatic rings. The summed E-state index contributed by atoms with van der Waals surface area (Å²) >= 11 is 0. The maximum absolute atomic E-state index is 12.3. The maximum Gasteiger partial charge on any atom is 0.293 e. The first kappa shape index (κ1) is 18.6. The zero-order valence-electron chi connectivity index (χ0n) is 14.0. The summed E-state index contributed by atoms with van der Waals surface area (Å²) in [7, 11) is -3.83. The first-order chi connectivity index (χ1) is 11.1. The lowest BCUT2D eigenvalue weighted by Gasteiger charge is -2.20. The zero-order valence-corrected chi connectivity index (χ0v) is 14.9. The van der Waals surface area contributed by atoms with Crippen molar-refractivity contribution in [1.29, 1.82) is 0 Å². The second-order valence-corrected chi connectivity index (χ2v) is 8.49. The van der Waals surface area contributed by atoms with Gasteiger partial charge >= 0.3 is 0 Å². The van der Waals surface area contributed by atoms with Gasteiger partial charge in [0.2, 0.25) is 10.0 Å². The summed E-state index contributed by atoms with van der Waals surface area (Å²) < 4.78 is 32.6. The minimum atomic E-state index is -3.83. The number of hydrogen-bond acceptors (Lipinski definition) is 6. The minimum Gasteiger partial charge on any atom is -0.377 e. The number of hydrogen-bond donors (Lipinski definition) is 2. The van der Waals surface area contributed by atoms with Gasteiger partial charge < -0.3 is 10.1 Å². The first-order valence-electron chi connectivity index (χ1n) is 7.76. The largest absolute Gasteiger partial charge is 0.377 e. The highest BCUT2D eigenvalue weighted by Crippen LogP contribution is 2.28. The van der Waals surface area contributed by atoms with E-state index in [1.165, 1.54) is 12.1 Å². The fourth-order valence-corrected chi connectivity index (χ4v) is 3.91. The summed E-state index contributed by atoms with van der Waals surface area (Å²) in [5.41, 5.74) is -0.667. The quantitative estimate of drug-likeness (QED) is 0.597. The third-order valence-corrected chi connectivity index (χ3v) is 5.22. The molecule has 0 aliphatic carbocycles. The van der Waals surface area contributed by atoms with Crippen LogP contribution in [0.25, 0.3) is 0 Å². The third kappa shape index (κ3) is 4.89. The van der Waals surface area contributed by atoms with E-state index in [0.717, 1.165) is 18.9 Å². The van der Waals surface area contributed by atoms with E-state index in [2.05, 4.69) is 10.0 Å². The van der Waals surface area contributed by atoms with Crippen molar-refractivity contribution in [3.8, 4) is 0 Å². The van der Waals surface area contributed by atoms with Crippen LogP contribution in [0.5, 0.6) is 0 Å². The molecule has 0 bridgehead atoms. The number of anilines is 1. The van der Waals surface area contributed by atoms with Gasteiger partial charge in [-0.05, 0) is 45.7 Å². The lowest BCUT2D eigenvalue weighted by molar-refractivity contribution is -0.384. The Balaban J connectivity index is 2.24. The molecule has 1 fully saturated rings. The van der Waals surface area contributed by atoms with Gasteiger partial charge in [-0.15, -0.1) is 0 Å². The van der Waals surface area contributed by atoms with Crippen molar-refractivity contribution >= 4 is 21.4 Å². The minimum absolute atomic E-state index is 0.0237. The number of nitro groups is 1. The Morgan fingerprint density at radius 1 is 1.38 bits per heavy atom. The van der Waals surface area contributed by atoms with Gasteiger partial charge in [0.1, 0.15) is 5.69 Å². The van der Waals surface area contributed by atoms with Crippen molar-refractivity contribution < 1.29 is 18.1 Å². The molecule has 0 amide bonds. The van der Waals surface area contributed by atoms with Gasteiger partial charge in [0, 0.05) is 24.8 Å². The van der Waals surface area contributed by atoms with Gasteiger partial charge in [0.05, 0.1) is 15.9 Å². The molecule has 134 valence electrons. The molecule has 1 atom stereocenters. The van der Waals surface area contributed by atoms with Gasteiger partial charge in [0.15, 0.2) is 0 Å². The van der Waals surface area contributed by atoms with Gasteiger partial charge in [-0.2, -0.15) is 0 Å². The molecule has 1 saturated heterocycles. The fraction of sp³-hybridized carbons (Fsp3) is 0.600. The lowest BCUT2D eigenvalue weighted by Crippen LogP contribution is -2.40. The predicted molar refractivity (Wildman–Crippen MR) is 90.6 cm³/mol. The zero-order chi connectivity index (χ0) is 18.0. The fourth-order valence-electron chi connectivity index (χ4n) is 2.47. The number of nitrogens with one attached hydrogen (secondary N) is 2. The topological polar surface area (TPSA) is 111 Å². The van der Waals surface area contributed by atoms with Gasteiger partial charge in [-0.3, -0.25) is 10.1 Å². The van der Waals surface area contributed by atoms with Crippen LogP contribution in [0.1, 0.15) is 33.6 Å². The standard InChI is InChI=1S/C15H23N3O5S/c1-15(2,3)17-24(21,22)12-6-7-13(14(9-12)18(19)20)16-10-11-5-4-8-23-11/h6-7,9,11,16-17H,4-5,8,10H2,1-3H3/t11-/m1/s1. The van der Waals surface area contributed by atoms with Crippen LogP contribution in [0.2, 0.25) is 0 Å². The van der Waals surface area contributed by atoms with Crippen LogP contribution in [0.4, 0.5) is 11.4 Å².